The predicted molar refractivity (Wildman–Crippen MR) is 126 cm³/mol. The van der Waals surface area contributed by atoms with Crippen molar-refractivity contribution >= 4 is 48.9 Å². The number of benzene rings is 1. The number of ether oxygens (including phenoxy) is 1. The van der Waals surface area contributed by atoms with E-state index in [0.29, 0.717) is 0 Å². The Bertz CT molecular complexity index is 1370. The Kier molecular flexibility index (Phi) is 5.07. The molecule has 5 atom stereocenters. The molecule has 4 aliphatic heterocycles. The second kappa shape index (κ2) is 7.74. The van der Waals surface area contributed by atoms with Gasteiger partial charge in [-0.2, -0.15) is 8.42 Å². The van der Waals surface area contributed by atoms with E-state index in [1.807, 2.05) is 4.90 Å². The molecule has 4 heterocycles. The number of hydrogen-bond acceptors (Lipinski definition) is 8. The van der Waals surface area contributed by atoms with Gasteiger partial charge in [-0.05, 0) is 43.9 Å². The predicted octanol–water partition coefficient (Wildman–Crippen LogP) is 1.09. The number of Topliss-reactive ketones (excluding diaryl/α,β-unsaturated/α-hetero) is 1. The van der Waals surface area contributed by atoms with Gasteiger partial charge in [0.25, 0.3) is 10.0 Å². The van der Waals surface area contributed by atoms with Crippen LogP contribution in [0.3, 0.4) is 0 Å². The first-order chi connectivity index (χ1) is 16.5. The molecule has 35 heavy (non-hydrogen) atoms. The molecule has 1 saturated carbocycles. The van der Waals surface area contributed by atoms with Crippen LogP contribution in [-0.2, 0) is 34.4 Å². The van der Waals surface area contributed by atoms with Gasteiger partial charge in [-0.15, -0.1) is 4.40 Å². The number of sulfonamides is 2. The minimum atomic E-state index is -4.30. The molecule has 2 N–H and O–H groups in total. The lowest BCUT2D eigenvalue weighted by molar-refractivity contribution is -0.153. The number of nitrogens with zero attached hydrogens (tertiary/aromatic N) is 2. The van der Waals surface area contributed by atoms with Gasteiger partial charge in [0.15, 0.2) is 11.7 Å². The number of likely N-dealkylation sites (tertiary alicyclic amines) is 1. The Labute approximate surface area is 203 Å². The second-order valence-electron chi connectivity index (χ2n) is 9.99. The summed E-state index contributed by atoms with van der Waals surface area (Å²) in [5.41, 5.74) is 0.197. The number of anilines is 2. The number of ketones is 1. The van der Waals surface area contributed by atoms with Crippen LogP contribution in [-0.4, -0.2) is 69.8 Å². The third-order valence-electron chi connectivity index (χ3n) is 7.71. The lowest BCUT2D eigenvalue weighted by atomic mass is 9.72. The van der Waals surface area contributed by atoms with Crippen molar-refractivity contribution in [3.05, 3.63) is 18.2 Å². The van der Waals surface area contributed by atoms with Gasteiger partial charge in [-0.1, -0.05) is 12.8 Å². The molecular formula is C22H26N4O7S2. The van der Waals surface area contributed by atoms with Crippen molar-refractivity contribution in [2.24, 2.45) is 16.2 Å². The molecule has 5 unspecified atom stereocenters. The summed E-state index contributed by atoms with van der Waals surface area (Å²) < 4.78 is 61.4. The Morgan fingerprint density at radius 3 is 2.54 bits per heavy atom. The van der Waals surface area contributed by atoms with Crippen molar-refractivity contribution in [1.82, 2.24) is 4.90 Å². The molecule has 11 nitrogen and oxygen atoms in total. The molecular weight excluding hydrogens is 496 g/mol. The van der Waals surface area contributed by atoms with Crippen LogP contribution in [0.4, 0.5) is 11.4 Å². The van der Waals surface area contributed by atoms with Crippen molar-refractivity contribution < 1.29 is 31.2 Å². The van der Waals surface area contributed by atoms with E-state index in [9.17, 15) is 26.4 Å². The molecule has 1 amide bonds. The van der Waals surface area contributed by atoms with E-state index >= 15 is 0 Å². The van der Waals surface area contributed by atoms with Gasteiger partial charge in [0.1, 0.15) is 10.7 Å². The van der Waals surface area contributed by atoms with Crippen LogP contribution in [0.1, 0.15) is 38.5 Å². The smallest absolute Gasteiger partial charge is 0.286 e. The van der Waals surface area contributed by atoms with E-state index in [-0.39, 0.29) is 52.2 Å². The Hall–Kier alpha value is -2.51. The maximum Gasteiger partial charge on any atom is 0.286 e. The van der Waals surface area contributed by atoms with E-state index in [1.165, 1.54) is 12.1 Å². The maximum atomic E-state index is 13.8. The zero-order valence-corrected chi connectivity index (χ0v) is 20.6. The number of carbonyl (C=O) groups is 2. The highest BCUT2D eigenvalue weighted by Gasteiger charge is 2.63. The summed E-state index contributed by atoms with van der Waals surface area (Å²) in [6.07, 6.45) is 5.79. The first-order valence-electron chi connectivity index (χ1n) is 11.8. The average Bonchev–Trinajstić information content (AvgIpc) is 3.51. The summed E-state index contributed by atoms with van der Waals surface area (Å²) in [7, 11) is -7.92. The van der Waals surface area contributed by atoms with Crippen LogP contribution in [0, 0.1) is 11.8 Å². The number of carbonyl (C=O) groups excluding carboxylic acids is 2. The van der Waals surface area contributed by atoms with Gasteiger partial charge >= 0.3 is 0 Å². The van der Waals surface area contributed by atoms with Crippen molar-refractivity contribution in [2.45, 2.75) is 67.7 Å². The Morgan fingerprint density at radius 2 is 1.83 bits per heavy atom. The molecule has 1 aromatic rings. The molecule has 0 radical (unpaired) electrons. The fourth-order valence-corrected chi connectivity index (χ4v) is 8.14. The maximum absolute atomic E-state index is 13.8. The summed E-state index contributed by atoms with van der Waals surface area (Å²) in [5.74, 6) is -2.81. The number of fused-ring (bicyclic) bond motifs is 6. The van der Waals surface area contributed by atoms with E-state index in [2.05, 4.69) is 14.4 Å². The molecule has 2 bridgehead atoms. The lowest BCUT2D eigenvalue weighted by Gasteiger charge is -2.46. The van der Waals surface area contributed by atoms with Crippen molar-refractivity contribution in [3.63, 3.8) is 0 Å². The van der Waals surface area contributed by atoms with Crippen molar-refractivity contribution in [3.8, 4) is 0 Å². The quantitative estimate of drug-likeness (QED) is 0.558. The Morgan fingerprint density at radius 1 is 1.11 bits per heavy atom. The van der Waals surface area contributed by atoms with E-state index in [0.717, 1.165) is 50.8 Å². The highest BCUT2D eigenvalue weighted by Crippen LogP contribution is 2.48. The molecule has 3 saturated heterocycles. The standard InChI is InChI=1S/C22H26N4O7S2/c1-34(29,30)24-11-6-7-13-16(10-11)35(31,32)25-21(23-13)18-20(27)17-14-8-9-15(33-14)19(17)26(22(18)28)12-4-2-3-5-12/h6-7,10,12,14-15,17-19,24H,2-5,8-9H2,1H3,(H,23,25). The summed E-state index contributed by atoms with van der Waals surface area (Å²) in [4.78, 5) is 29.1. The van der Waals surface area contributed by atoms with E-state index in [4.69, 9.17) is 4.74 Å². The molecule has 1 aromatic carbocycles. The van der Waals surface area contributed by atoms with Crippen LogP contribution in [0.25, 0.3) is 0 Å². The minimum Gasteiger partial charge on any atom is -0.372 e. The van der Waals surface area contributed by atoms with Gasteiger partial charge in [-0.25, -0.2) is 8.42 Å². The molecule has 0 aromatic heterocycles. The van der Waals surface area contributed by atoms with Gasteiger partial charge in [-0.3, -0.25) is 14.3 Å². The monoisotopic (exact) mass is 522 g/mol. The summed E-state index contributed by atoms with van der Waals surface area (Å²) in [6.45, 7) is 0. The highest BCUT2D eigenvalue weighted by molar-refractivity contribution is 7.92. The first-order valence-corrected chi connectivity index (χ1v) is 15.1. The van der Waals surface area contributed by atoms with Crippen LogP contribution >= 0.6 is 0 Å². The molecule has 1 aliphatic carbocycles. The number of piperidine rings is 1. The van der Waals surface area contributed by atoms with E-state index < -0.39 is 37.8 Å². The Balaban J connectivity index is 1.38. The number of rotatable bonds is 4. The van der Waals surface area contributed by atoms with Crippen LogP contribution in [0.2, 0.25) is 0 Å². The zero-order chi connectivity index (χ0) is 24.7. The number of amides is 1. The molecule has 5 aliphatic rings. The topological polar surface area (TPSA) is 151 Å². The van der Waals surface area contributed by atoms with Gasteiger partial charge in [0.05, 0.1) is 36.1 Å². The highest BCUT2D eigenvalue weighted by atomic mass is 32.2. The van der Waals surface area contributed by atoms with E-state index in [1.54, 1.807) is 0 Å². The SMILES string of the molecule is CS(=O)(=O)Nc1ccc2c(c1)S(=O)(=O)N=C(C1C(=O)C3C4CCC(O4)C3N(C3CCCC3)C1=O)N2. The normalized spacial score (nSPS) is 33.8. The molecule has 6 rings (SSSR count). The molecule has 13 heteroatoms. The molecule has 0 spiro atoms. The van der Waals surface area contributed by atoms with Crippen molar-refractivity contribution in [2.75, 3.05) is 16.3 Å². The van der Waals surface area contributed by atoms with Crippen LogP contribution in [0.5, 0.6) is 0 Å². The zero-order valence-electron chi connectivity index (χ0n) is 19.0. The summed E-state index contributed by atoms with van der Waals surface area (Å²) in [5, 5.41) is 2.89. The summed E-state index contributed by atoms with van der Waals surface area (Å²) >= 11 is 0. The van der Waals surface area contributed by atoms with Crippen LogP contribution in [0.15, 0.2) is 27.5 Å². The first kappa shape index (κ1) is 22.9. The van der Waals surface area contributed by atoms with Gasteiger partial charge < -0.3 is 15.0 Å². The van der Waals surface area contributed by atoms with Gasteiger partial charge in [0.2, 0.25) is 15.9 Å². The fourth-order valence-electron chi connectivity index (χ4n) is 6.41. The van der Waals surface area contributed by atoms with Crippen molar-refractivity contribution in [1.29, 1.82) is 0 Å². The number of hydrogen-bond donors (Lipinski definition) is 2. The lowest BCUT2D eigenvalue weighted by Crippen LogP contribution is -2.65. The number of nitrogens with one attached hydrogen (secondary N) is 2. The van der Waals surface area contributed by atoms with Gasteiger partial charge in [0, 0.05) is 11.7 Å². The van der Waals surface area contributed by atoms with Crippen LogP contribution < -0.4 is 10.0 Å². The third kappa shape index (κ3) is 3.66. The third-order valence-corrected chi connectivity index (χ3v) is 9.64. The largest absolute Gasteiger partial charge is 0.372 e. The summed E-state index contributed by atoms with van der Waals surface area (Å²) in [6, 6.07) is 3.66. The fraction of sp³-hybridized carbons (Fsp3) is 0.591. The number of amidine groups is 1. The molecule has 4 fully saturated rings. The molecule has 188 valence electrons. The average molecular weight is 523 g/mol. The second-order valence-corrected chi connectivity index (χ2v) is 13.3. The minimum absolute atomic E-state index is 0.00580.